The van der Waals surface area contributed by atoms with Gasteiger partial charge in [-0.15, -0.1) is 0 Å². The van der Waals surface area contributed by atoms with E-state index in [0.29, 0.717) is 13.2 Å². The van der Waals surface area contributed by atoms with Crippen LogP contribution in [0.2, 0.25) is 0 Å². The first-order valence-electron chi connectivity index (χ1n) is 7.99. The third-order valence-electron chi connectivity index (χ3n) is 3.91. The number of rotatable bonds is 8. The van der Waals surface area contributed by atoms with E-state index in [1.807, 2.05) is 0 Å². The van der Waals surface area contributed by atoms with Gasteiger partial charge in [0.2, 0.25) is 0 Å². The number of methoxy groups -OCH3 is 2. The zero-order chi connectivity index (χ0) is 18.4. The monoisotopic (exact) mass is 353 g/mol. The van der Waals surface area contributed by atoms with Crippen molar-refractivity contribution in [2.24, 2.45) is 0 Å². The summed E-state index contributed by atoms with van der Waals surface area (Å²) in [5.74, 6) is -1.10. The second-order valence-corrected chi connectivity index (χ2v) is 5.66. The van der Waals surface area contributed by atoms with E-state index in [9.17, 15) is 14.7 Å². The van der Waals surface area contributed by atoms with Crippen LogP contribution >= 0.6 is 0 Å². The predicted octanol–water partition coefficient (Wildman–Crippen LogP) is 1.92. The molecule has 0 spiro atoms. The molecule has 2 N–H and O–H groups in total. The highest BCUT2D eigenvalue weighted by molar-refractivity contribution is 5.98. The number of hydrogen-bond donors (Lipinski definition) is 2. The molecule has 0 aromatic heterocycles. The summed E-state index contributed by atoms with van der Waals surface area (Å²) in [6.45, 7) is 2.67. The summed E-state index contributed by atoms with van der Waals surface area (Å²) in [6.07, 6.45) is 1.20. The number of carboxylic acids is 1. The van der Waals surface area contributed by atoms with Crippen molar-refractivity contribution in [3.8, 4) is 11.5 Å². The number of amides is 1. The second kappa shape index (κ2) is 8.68. The molecule has 2 rings (SSSR count). The molecule has 1 heterocycles. The first kappa shape index (κ1) is 19.0. The van der Waals surface area contributed by atoms with Crippen LogP contribution in [0.4, 0.5) is 5.69 Å². The lowest BCUT2D eigenvalue weighted by Gasteiger charge is -2.18. The van der Waals surface area contributed by atoms with Gasteiger partial charge in [-0.25, -0.2) is 4.79 Å². The van der Waals surface area contributed by atoms with Crippen LogP contribution < -0.4 is 14.8 Å². The van der Waals surface area contributed by atoms with Crippen molar-refractivity contribution in [1.29, 1.82) is 0 Å². The molecule has 8 nitrogen and oxygen atoms in total. The number of carbonyl (C=O) groups is 2. The smallest absolute Gasteiger partial charge is 0.335 e. The van der Waals surface area contributed by atoms with Crippen molar-refractivity contribution in [1.82, 2.24) is 0 Å². The Hall–Kier alpha value is -2.32. The number of ether oxygens (including phenoxy) is 4. The lowest BCUT2D eigenvalue weighted by molar-refractivity contribution is -0.128. The SMILES string of the molecule is COc1cc(C(=O)O)cc(NC(=O)C(C)OCC2CCCO2)c1OC. The number of anilines is 1. The Balaban J connectivity index is 2.09. The third-order valence-corrected chi connectivity index (χ3v) is 3.91. The van der Waals surface area contributed by atoms with Gasteiger partial charge in [0.25, 0.3) is 5.91 Å². The summed E-state index contributed by atoms with van der Waals surface area (Å²) in [5.41, 5.74) is 0.178. The molecule has 1 aliphatic heterocycles. The van der Waals surface area contributed by atoms with Crippen molar-refractivity contribution in [2.45, 2.75) is 32.0 Å². The molecule has 1 aromatic rings. The maximum absolute atomic E-state index is 12.3. The first-order valence-corrected chi connectivity index (χ1v) is 7.99. The quantitative estimate of drug-likeness (QED) is 0.736. The molecular formula is C17H23NO7. The van der Waals surface area contributed by atoms with E-state index >= 15 is 0 Å². The van der Waals surface area contributed by atoms with Crippen molar-refractivity contribution < 1.29 is 33.6 Å². The van der Waals surface area contributed by atoms with E-state index in [1.165, 1.54) is 26.4 Å². The van der Waals surface area contributed by atoms with Crippen molar-refractivity contribution in [3.63, 3.8) is 0 Å². The second-order valence-electron chi connectivity index (χ2n) is 5.66. The minimum Gasteiger partial charge on any atom is -0.493 e. The Morgan fingerprint density at radius 2 is 2.12 bits per heavy atom. The molecule has 2 atom stereocenters. The van der Waals surface area contributed by atoms with Crippen LogP contribution in [0.5, 0.6) is 11.5 Å². The van der Waals surface area contributed by atoms with Gasteiger partial charge >= 0.3 is 5.97 Å². The topological polar surface area (TPSA) is 103 Å². The molecule has 1 saturated heterocycles. The highest BCUT2D eigenvalue weighted by atomic mass is 16.5. The normalized spacial score (nSPS) is 17.8. The maximum atomic E-state index is 12.3. The summed E-state index contributed by atoms with van der Waals surface area (Å²) in [6, 6.07) is 2.64. The molecule has 0 saturated carbocycles. The number of carboxylic acid groups (broad SMARTS) is 1. The van der Waals surface area contributed by atoms with Gasteiger partial charge in [-0.3, -0.25) is 4.79 Å². The number of aromatic carboxylic acids is 1. The number of carbonyl (C=O) groups excluding carboxylic acids is 1. The van der Waals surface area contributed by atoms with E-state index < -0.39 is 18.0 Å². The molecule has 1 aromatic carbocycles. The Morgan fingerprint density at radius 1 is 1.36 bits per heavy atom. The minimum absolute atomic E-state index is 0.0141. The minimum atomic E-state index is -1.14. The first-order chi connectivity index (χ1) is 12.0. The molecule has 0 radical (unpaired) electrons. The highest BCUT2D eigenvalue weighted by Crippen LogP contribution is 2.36. The third kappa shape index (κ3) is 4.83. The fourth-order valence-corrected chi connectivity index (χ4v) is 2.52. The van der Waals surface area contributed by atoms with Gasteiger partial charge in [-0.05, 0) is 31.9 Å². The van der Waals surface area contributed by atoms with Crippen LogP contribution in [0, 0.1) is 0 Å². The fraction of sp³-hybridized carbons (Fsp3) is 0.529. The van der Waals surface area contributed by atoms with Gasteiger partial charge in [-0.2, -0.15) is 0 Å². The summed E-state index contributed by atoms with van der Waals surface area (Å²) in [5, 5.41) is 11.8. The Kier molecular flexibility index (Phi) is 6.60. The van der Waals surface area contributed by atoms with E-state index in [0.717, 1.165) is 12.8 Å². The zero-order valence-corrected chi connectivity index (χ0v) is 14.5. The molecule has 25 heavy (non-hydrogen) atoms. The van der Waals surface area contributed by atoms with E-state index in [2.05, 4.69) is 5.32 Å². The van der Waals surface area contributed by atoms with Crippen molar-refractivity contribution in [2.75, 3.05) is 32.8 Å². The fourth-order valence-electron chi connectivity index (χ4n) is 2.52. The van der Waals surface area contributed by atoms with Gasteiger partial charge in [0.1, 0.15) is 6.10 Å². The van der Waals surface area contributed by atoms with Crippen LogP contribution in [-0.2, 0) is 14.3 Å². The van der Waals surface area contributed by atoms with Crippen LogP contribution in [0.15, 0.2) is 12.1 Å². The van der Waals surface area contributed by atoms with Crippen molar-refractivity contribution >= 4 is 17.6 Å². The molecular weight excluding hydrogens is 330 g/mol. The average Bonchev–Trinajstić information content (AvgIpc) is 3.12. The van der Waals surface area contributed by atoms with E-state index in [4.69, 9.17) is 18.9 Å². The van der Waals surface area contributed by atoms with Gasteiger partial charge in [0, 0.05) is 6.61 Å². The molecule has 1 aliphatic rings. The number of benzene rings is 1. The van der Waals surface area contributed by atoms with Crippen molar-refractivity contribution in [3.05, 3.63) is 17.7 Å². The van der Waals surface area contributed by atoms with Gasteiger partial charge < -0.3 is 29.4 Å². The molecule has 0 aliphatic carbocycles. The Morgan fingerprint density at radius 3 is 2.68 bits per heavy atom. The van der Waals surface area contributed by atoms with Crippen LogP contribution in [0.25, 0.3) is 0 Å². The number of nitrogens with one attached hydrogen (secondary N) is 1. The summed E-state index contributed by atoms with van der Waals surface area (Å²) in [4.78, 5) is 23.6. The highest BCUT2D eigenvalue weighted by Gasteiger charge is 2.22. The lowest BCUT2D eigenvalue weighted by atomic mass is 10.1. The molecule has 2 unspecified atom stereocenters. The summed E-state index contributed by atoms with van der Waals surface area (Å²) < 4.78 is 21.4. The van der Waals surface area contributed by atoms with Crippen LogP contribution in [0.3, 0.4) is 0 Å². The summed E-state index contributed by atoms with van der Waals surface area (Å²) in [7, 11) is 2.80. The standard InChI is InChI=1S/C17H23NO7/c1-10(25-9-12-5-4-6-24-12)16(19)18-13-7-11(17(20)21)8-14(22-2)15(13)23-3/h7-8,10,12H,4-6,9H2,1-3H3,(H,18,19)(H,20,21). The van der Waals surface area contributed by atoms with Crippen LogP contribution in [0.1, 0.15) is 30.1 Å². The van der Waals surface area contributed by atoms with Crippen LogP contribution in [-0.4, -0.2) is 56.6 Å². The molecule has 138 valence electrons. The Labute approximate surface area is 146 Å². The molecule has 1 amide bonds. The van der Waals surface area contributed by atoms with E-state index in [-0.39, 0.29) is 28.9 Å². The predicted molar refractivity (Wildman–Crippen MR) is 89.5 cm³/mol. The maximum Gasteiger partial charge on any atom is 0.335 e. The summed E-state index contributed by atoms with van der Waals surface area (Å²) >= 11 is 0. The Bertz CT molecular complexity index is 626. The van der Waals surface area contributed by atoms with Gasteiger partial charge in [0.05, 0.1) is 38.2 Å². The van der Waals surface area contributed by atoms with Gasteiger partial charge in [0.15, 0.2) is 11.5 Å². The van der Waals surface area contributed by atoms with Gasteiger partial charge in [-0.1, -0.05) is 0 Å². The number of hydrogen-bond acceptors (Lipinski definition) is 6. The van der Waals surface area contributed by atoms with E-state index in [1.54, 1.807) is 6.92 Å². The molecule has 1 fully saturated rings. The zero-order valence-electron chi connectivity index (χ0n) is 14.5. The lowest BCUT2D eigenvalue weighted by Crippen LogP contribution is -2.30. The molecule has 8 heteroatoms. The molecule has 0 bridgehead atoms. The average molecular weight is 353 g/mol. The largest absolute Gasteiger partial charge is 0.493 e.